The number of hydrogen-bond acceptors (Lipinski definition) is 0. The Hall–Kier alpha value is -0.780. The average molecular weight is 162 g/mol. The Balaban J connectivity index is 0.000000336. The highest BCUT2D eigenvalue weighted by atomic mass is 14.2. The molecule has 2 rings (SSSR count). The van der Waals surface area contributed by atoms with Crippen LogP contribution in [0.2, 0.25) is 0 Å². The summed E-state index contributed by atoms with van der Waals surface area (Å²) in [6, 6.07) is 8.78. The number of benzene rings is 1. The predicted molar refractivity (Wildman–Crippen MR) is 54.5 cm³/mol. The van der Waals surface area contributed by atoms with Crippen LogP contribution >= 0.6 is 0 Å². The second-order valence-corrected chi connectivity index (χ2v) is 3.14. The van der Waals surface area contributed by atoms with E-state index in [0.717, 1.165) is 5.92 Å². The minimum absolute atomic E-state index is 0.802. The van der Waals surface area contributed by atoms with Gasteiger partial charge in [0.1, 0.15) is 0 Å². The molecule has 0 heteroatoms. The van der Waals surface area contributed by atoms with Crippen LogP contribution in [0.5, 0.6) is 0 Å². The first-order chi connectivity index (χ1) is 5.88. The molecule has 1 aromatic carbocycles. The maximum absolute atomic E-state index is 2.31. The van der Waals surface area contributed by atoms with Gasteiger partial charge in [-0.25, -0.2) is 0 Å². The zero-order valence-corrected chi connectivity index (χ0v) is 8.30. The van der Waals surface area contributed by atoms with Crippen molar-refractivity contribution in [1.82, 2.24) is 0 Å². The largest absolute Gasteiger partial charge is 0.0683 e. The predicted octanol–water partition coefficient (Wildman–Crippen LogP) is 3.76. The van der Waals surface area contributed by atoms with Gasteiger partial charge in [0.2, 0.25) is 0 Å². The van der Waals surface area contributed by atoms with Gasteiger partial charge in [0.25, 0.3) is 0 Å². The molecule has 0 fully saturated rings. The van der Waals surface area contributed by atoms with Gasteiger partial charge in [-0.2, -0.15) is 0 Å². The Bertz CT molecular complexity index is 238. The van der Waals surface area contributed by atoms with Crippen LogP contribution in [-0.2, 0) is 6.42 Å². The topological polar surface area (TPSA) is 0 Å². The molecule has 0 aliphatic heterocycles. The van der Waals surface area contributed by atoms with E-state index >= 15 is 0 Å². The Morgan fingerprint density at radius 2 is 1.83 bits per heavy atom. The maximum atomic E-state index is 2.31. The first kappa shape index (κ1) is 9.31. The van der Waals surface area contributed by atoms with Gasteiger partial charge in [-0.15, -0.1) is 0 Å². The lowest BCUT2D eigenvalue weighted by molar-refractivity contribution is 0.747. The smallest absolute Gasteiger partial charge is 0.0184 e. The summed E-state index contributed by atoms with van der Waals surface area (Å²) in [6.45, 7) is 6.31. The number of rotatable bonds is 0. The van der Waals surface area contributed by atoms with Gasteiger partial charge in [0, 0.05) is 0 Å². The molecular formula is C12H18. The minimum Gasteiger partial charge on any atom is -0.0683 e. The van der Waals surface area contributed by atoms with Gasteiger partial charge in [-0.1, -0.05) is 45.0 Å². The molecule has 0 saturated heterocycles. The van der Waals surface area contributed by atoms with Crippen molar-refractivity contribution >= 4 is 0 Å². The fourth-order valence-electron chi connectivity index (χ4n) is 1.77. The molecule has 0 nitrogen and oxygen atoms in total. The summed E-state index contributed by atoms with van der Waals surface area (Å²) in [7, 11) is 0. The highest BCUT2D eigenvalue weighted by molar-refractivity contribution is 5.33. The molecule has 0 amide bonds. The molecule has 1 atom stereocenters. The van der Waals surface area contributed by atoms with Gasteiger partial charge in [0.15, 0.2) is 0 Å². The van der Waals surface area contributed by atoms with E-state index in [1.807, 2.05) is 13.8 Å². The third kappa shape index (κ3) is 1.69. The molecule has 0 bridgehead atoms. The van der Waals surface area contributed by atoms with Gasteiger partial charge in [0.05, 0.1) is 0 Å². The SMILES string of the molecule is CC.C[C@H]1CCc2ccccc21. The molecule has 0 saturated carbocycles. The standard InChI is InChI=1S/C10H12.C2H6/c1-8-6-7-9-4-2-3-5-10(8)9;1-2/h2-5,8H,6-7H2,1H3;1-2H3/t8-;/m0./s1. The number of fused-ring (bicyclic) bond motifs is 1. The molecule has 0 heterocycles. The van der Waals surface area contributed by atoms with Gasteiger partial charge < -0.3 is 0 Å². The van der Waals surface area contributed by atoms with E-state index in [0.29, 0.717) is 0 Å². The van der Waals surface area contributed by atoms with Crippen molar-refractivity contribution in [3.05, 3.63) is 35.4 Å². The second-order valence-electron chi connectivity index (χ2n) is 3.14. The lowest BCUT2D eigenvalue weighted by Crippen LogP contribution is -1.83. The third-order valence-electron chi connectivity index (χ3n) is 2.43. The quantitative estimate of drug-likeness (QED) is 0.545. The summed E-state index contributed by atoms with van der Waals surface area (Å²) in [4.78, 5) is 0. The molecule has 12 heavy (non-hydrogen) atoms. The van der Waals surface area contributed by atoms with Crippen molar-refractivity contribution < 1.29 is 0 Å². The fraction of sp³-hybridized carbons (Fsp3) is 0.500. The van der Waals surface area contributed by atoms with E-state index < -0.39 is 0 Å². The van der Waals surface area contributed by atoms with E-state index in [9.17, 15) is 0 Å². The van der Waals surface area contributed by atoms with Crippen LogP contribution in [0.25, 0.3) is 0 Å². The Kier molecular flexibility index (Phi) is 3.33. The van der Waals surface area contributed by atoms with E-state index in [1.54, 1.807) is 11.1 Å². The van der Waals surface area contributed by atoms with Crippen LogP contribution in [0.15, 0.2) is 24.3 Å². The average Bonchev–Trinajstić information content (AvgIpc) is 2.53. The van der Waals surface area contributed by atoms with Crippen LogP contribution in [0.4, 0.5) is 0 Å². The molecule has 1 aliphatic carbocycles. The van der Waals surface area contributed by atoms with Crippen LogP contribution in [-0.4, -0.2) is 0 Å². The zero-order chi connectivity index (χ0) is 8.97. The highest BCUT2D eigenvalue weighted by Gasteiger charge is 2.16. The summed E-state index contributed by atoms with van der Waals surface area (Å²) in [5.41, 5.74) is 3.14. The van der Waals surface area contributed by atoms with E-state index in [-0.39, 0.29) is 0 Å². The summed E-state index contributed by atoms with van der Waals surface area (Å²) >= 11 is 0. The first-order valence-electron chi connectivity index (χ1n) is 4.96. The molecule has 0 radical (unpaired) electrons. The van der Waals surface area contributed by atoms with Crippen molar-refractivity contribution in [1.29, 1.82) is 0 Å². The second kappa shape index (κ2) is 4.30. The number of aryl methyl sites for hydroxylation is 1. The van der Waals surface area contributed by atoms with Gasteiger partial charge >= 0.3 is 0 Å². The minimum atomic E-state index is 0.802. The summed E-state index contributed by atoms with van der Waals surface area (Å²) in [5, 5.41) is 0. The summed E-state index contributed by atoms with van der Waals surface area (Å²) < 4.78 is 0. The number of hydrogen-bond donors (Lipinski definition) is 0. The van der Waals surface area contributed by atoms with Crippen LogP contribution < -0.4 is 0 Å². The van der Waals surface area contributed by atoms with Crippen molar-refractivity contribution in [2.45, 2.75) is 39.5 Å². The Labute approximate surface area is 75.6 Å². The van der Waals surface area contributed by atoms with E-state index in [2.05, 4.69) is 31.2 Å². The van der Waals surface area contributed by atoms with Crippen LogP contribution in [0.1, 0.15) is 44.2 Å². The molecule has 1 aliphatic rings. The first-order valence-corrected chi connectivity index (χ1v) is 4.96. The molecule has 66 valence electrons. The van der Waals surface area contributed by atoms with Crippen molar-refractivity contribution in [3.63, 3.8) is 0 Å². The van der Waals surface area contributed by atoms with Crippen LogP contribution in [0.3, 0.4) is 0 Å². The van der Waals surface area contributed by atoms with Crippen LogP contribution in [0, 0.1) is 0 Å². The Morgan fingerprint density at radius 1 is 1.17 bits per heavy atom. The van der Waals surface area contributed by atoms with Crippen molar-refractivity contribution in [2.24, 2.45) is 0 Å². The Morgan fingerprint density at radius 3 is 2.50 bits per heavy atom. The van der Waals surface area contributed by atoms with Gasteiger partial charge in [-0.05, 0) is 29.9 Å². The summed E-state index contributed by atoms with van der Waals surface area (Å²) in [6.07, 6.45) is 2.64. The maximum Gasteiger partial charge on any atom is -0.0184 e. The fourth-order valence-corrected chi connectivity index (χ4v) is 1.77. The molecule has 0 N–H and O–H groups in total. The van der Waals surface area contributed by atoms with E-state index in [1.165, 1.54) is 12.8 Å². The lowest BCUT2D eigenvalue weighted by Gasteiger charge is -2.01. The molecule has 0 unspecified atom stereocenters. The van der Waals surface area contributed by atoms with Crippen molar-refractivity contribution in [3.8, 4) is 0 Å². The molecule has 0 aromatic heterocycles. The molecule has 1 aromatic rings. The normalized spacial score (nSPS) is 19.4. The van der Waals surface area contributed by atoms with Gasteiger partial charge in [-0.3, -0.25) is 0 Å². The molecular weight excluding hydrogens is 144 g/mol. The lowest BCUT2D eigenvalue weighted by atomic mass is 10.0. The highest BCUT2D eigenvalue weighted by Crippen LogP contribution is 2.31. The third-order valence-corrected chi connectivity index (χ3v) is 2.43. The van der Waals surface area contributed by atoms with E-state index in [4.69, 9.17) is 0 Å². The molecule has 0 spiro atoms. The van der Waals surface area contributed by atoms with Crippen molar-refractivity contribution in [2.75, 3.05) is 0 Å². The zero-order valence-electron chi connectivity index (χ0n) is 8.30. The summed E-state index contributed by atoms with van der Waals surface area (Å²) in [5.74, 6) is 0.802. The monoisotopic (exact) mass is 162 g/mol.